The lowest BCUT2D eigenvalue weighted by molar-refractivity contribution is -0.137. The molecule has 9 heteroatoms. The van der Waals surface area contributed by atoms with Crippen LogP contribution in [0.2, 0.25) is 0 Å². The number of nitrogens with one attached hydrogen (secondary N) is 2. The van der Waals surface area contributed by atoms with Gasteiger partial charge in [-0.25, -0.2) is 0 Å². The fourth-order valence-electron chi connectivity index (χ4n) is 3.61. The second-order valence-electron chi connectivity index (χ2n) is 8.19. The highest BCUT2D eigenvalue weighted by Crippen LogP contribution is 2.38. The first-order valence-electron chi connectivity index (χ1n) is 11.5. The highest BCUT2D eigenvalue weighted by Gasteiger charge is 2.31. The molecule has 0 aliphatic carbocycles. The third-order valence-corrected chi connectivity index (χ3v) is 6.74. The van der Waals surface area contributed by atoms with E-state index in [9.17, 15) is 22.8 Å². The van der Waals surface area contributed by atoms with E-state index in [-0.39, 0.29) is 11.6 Å². The first kappa shape index (κ1) is 26.8. The number of benzene rings is 4. The van der Waals surface area contributed by atoms with Gasteiger partial charge in [0.2, 0.25) is 5.91 Å². The van der Waals surface area contributed by atoms with Crippen LogP contribution in [0.5, 0.6) is 5.75 Å². The van der Waals surface area contributed by atoms with Gasteiger partial charge in [0.1, 0.15) is 11.0 Å². The Morgan fingerprint density at radius 1 is 0.789 bits per heavy atom. The topological polar surface area (TPSA) is 67.4 Å². The lowest BCUT2D eigenvalue weighted by Crippen LogP contribution is -2.19. The Morgan fingerprint density at radius 2 is 1.45 bits per heavy atom. The number of halogens is 3. The number of rotatable bonds is 8. The van der Waals surface area contributed by atoms with E-state index in [1.54, 1.807) is 79.9 Å². The number of hydrogen-bond donors (Lipinski definition) is 2. The van der Waals surface area contributed by atoms with Crippen LogP contribution in [-0.4, -0.2) is 18.9 Å². The van der Waals surface area contributed by atoms with Crippen molar-refractivity contribution in [3.05, 3.63) is 120 Å². The van der Waals surface area contributed by atoms with Crippen molar-refractivity contribution in [1.29, 1.82) is 0 Å². The van der Waals surface area contributed by atoms with Crippen molar-refractivity contribution in [3.8, 4) is 5.75 Å². The number of carbonyl (C=O) groups excluding carboxylic acids is 2. The van der Waals surface area contributed by atoms with Crippen molar-refractivity contribution >= 4 is 35.0 Å². The van der Waals surface area contributed by atoms with Gasteiger partial charge in [0.25, 0.3) is 5.91 Å². The molecule has 2 amide bonds. The van der Waals surface area contributed by atoms with Gasteiger partial charge in [-0.05, 0) is 66.2 Å². The van der Waals surface area contributed by atoms with E-state index in [1.165, 1.54) is 23.9 Å². The number of methoxy groups -OCH3 is 1. The molecule has 0 radical (unpaired) electrons. The van der Waals surface area contributed by atoms with Crippen molar-refractivity contribution in [1.82, 2.24) is 0 Å². The summed E-state index contributed by atoms with van der Waals surface area (Å²) >= 11 is 1.22. The normalized spacial score (nSPS) is 11.9. The Bertz CT molecular complexity index is 1410. The number of hydrogen-bond acceptors (Lipinski definition) is 4. The Balaban J connectivity index is 1.53. The van der Waals surface area contributed by atoms with Crippen molar-refractivity contribution in [3.63, 3.8) is 0 Å². The molecule has 2 N–H and O–H groups in total. The van der Waals surface area contributed by atoms with Gasteiger partial charge in [-0.1, -0.05) is 42.5 Å². The highest BCUT2D eigenvalue weighted by atomic mass is 32.2. The van der Waals surface area contributed by atoms with E-state index in [1.807, 2.05) is 6.07 Å². The minimum Gasteiger partial charge on any atom is -0.497 e. The van der Waals surface area contributed by atoms with Crippen LogP contribution in [0.15, 0.2) is 108 Å². The van der Waals surface area contributed by atoms with Crippen LogP contribution in [0.25, 0.3) is 0 Å². The van der Waals surface area contributed by atoms with Crippen molar-refractivity contribution in [2.24, 2.45) is 0 Å². The molecule has 1 atom stereocenters. The number of amides is 2. The summed E-state index contributed by atoms with van der Waals surface area (Å²) in [5, 5.41) is 4.68. The maximum atomic E-state index is 13.3. The highest BCUT2D eigenvalue weighted by molar-refractivity contribution is 8.00. The number of thioether (sulfide) groups is 1. The number of alkyl halides is 3. The molecule has 0 saturated carbocycles. The summed E-state index contributed by atoms with van der Waals surface area (Å²) in [6.07, 6.45) is -4.52. The van der Waals surface area contributed by atoms with Gasteiger partial charge in [0.05, 0.1) is 12.7 Å². The molecule has 0 spiro atoms. The van der Waals surface area contributed by atoms with Crippen molar-refractivity contribution in [2.45, 2.75) is 16.3 Å². The van der Waals surface area contributed by atoms with Crippen LogP contribution < -0.4 is 15.4 Å². The summed E-state index contributed by atoms with van der Waals surface area (Å²) < 4.78 is 44.5. The summed E-state index contributed by atoms with van der Waals surface area (Å²) in [5.41, 5.74) is 0.855. The molecule has 5 nitrogen and oxygen atoms in total. The standard InChI is InChI=1S/C29H23F3N2O3S/c1-37-24-15-13-20(14-16-24)27(35)33-23-11-6-12-25(18-23)38-26(19-7-3-2-4-8-19)28(36)34-22-10-5-9-21(17-22)29(30,31)32/h2-18,26H,1H3,(H,33,35)(H,34,36). The molecule has 0 saturated heterocycles. The smallest absolute Gasteiger partial charge is 0.416 e. The van der Waals surface area contributed by atoms with E-state index in [2.05, 4.69) is 10.6 Å². The van der Waals surface area contributed by atoms with Crippen LogP contribution in [0.4, 0.5) is 24.5 Å². The van der Waals surface area contributed by atoms with Crippen LogP contribution >= 0.6 is 11.8 Å². The molecule has 0 fully saturated rings. The third kappa shape index (κ3) is 6.95. The van der Waals surface area contributed by atoms with Crippen LogP contribution in [0.3, 0.4) is 0 Å². The third-order valence-electron chi connectivity index (χ3n) is 5.50. The summed E-state index contributed by atoms with van der Waals surface area (Å²) in [4.78, 5) is 26.6. The average Bonchev–Trinajstić information content (AvgIpc) is 2.92. The molecule has 1 unspecified atom stereocenters. The molecule has 38 heavy (non-hydrogen) atoms. The molecule has 4 rings (SSSR count). The quantitative estimate of drug-likeness (QED) is 0.230. The molecule has 0 heterocycles. The molecule has 0 aliphatic heterocycles. The van der Waals surface area contributed by atoms with Crippen molar-refractivity contribution in [2.75, 3.05) is 17.7 Å². The second-order valence-corrected chi connectivity index (χ2v) is 9.37. The zero-order chi connectivity index (χ0) is 27.1. The van der Waals surface area contributed by atoms with Gasteiger partial charge in [0.15, 0.2) is 0 Å². The Labute approximate surface area is 222 Å². The Morgan fingerprint density at radius 3 is 2.11 bits per heavy atom. The first-order valence-corrected chi connectivity index (χ1v) is 12.4. The molecule has 0 bridgehead atoms. The van der Waals surface area contributed by atoms with Gasteiger partial charge in [-0.3, -0.25) is 9.59 Å². The Kier molecular flexibility index (Phi) is 8.38. The lowest BCUT2D eigenvalue weighted by Gasteiger charge is -2.18. The van der Waals surface area contributed by atoms with Crippen LogP contribution in [0, 0.1) is 0 Å². The van der Waals surface area contributed by atoms with E-state index >= 15 is 0 Å². The van der Waals surface area contributed by atoms with Gasteiger partial charge in [-0.15, -0.1) is 11.8 Å². The summed E-state index contributed by atoms with van der Waals surface area (Å²) in [7, 11) is 1.54. The van der Waals surface area contributed by atoms with Gasteiger partial charge >= 0.3 is 6.18 Å². The fraction of sp³-hybridized carbons (Fsp3) is 0.103. The average molecular weight is 537 g/mol. The van der Waals surface area contributed by atoms with Crippen LogP contribution in [-0.2, 0) is 11.0 Å². The lowest BCUT2D eigenvalue weighted by atomic mass is 10.1. The number of carbonyl (C=O) groups is 2. The van der Waals surface area contributed by atoms with Gasteiger partial charge in [0, 0.05) is 21.8 Å². The van der Waals surface area contributed by atoms with Gasteiger partial charge in [-0.2, -0.15) is 13.2 Å². The molecular formula is C29H23F3N2O3S. The van der Waals surface area contributed by atoms with E-state index < -0.39 is 22.9 Å². The maximum Gasteiger partial charge on any atom is 0.416 e. The molecule has 4 aromatic rings. The zero-order valence-corrected chi connectivity index (χ0v) is 21.0. The summed E-state index contributed by atoms with van der Waals surface area (Å²) in [6.45, 7) is 0. The molecule has 4 aromatic carbocycles. The summed E-state index contributed by atoms with van der Waals surface area (Å²) in [5.74, 6) is -0.153. The molecule has 0 aliphatic rings. The summed E-state index contributed by atoms with van der Waals surface area (Å²) in [6, 6.07) is 27.1. The van der Waals surface area contributed by atoms with E-state index in [0.717, 1.165) is 12.1 Å². The predicted molar refractivity (Wildman–Crippen MR) is 143 cm³/mol. The molecule has 0 aromatic heterocycles. The van der Waals surface area contributed by atoms with E-state index in [4.69, 9.17) is 4.74 Å². The SMILES string of the molecule is COc1ccc(C(=O)Nc2cccc(SC(C(=O)Nc3cccc(C(F)(F)F)c3)c3ccccc3)c2)cc1. The fourth-order valence-corrected chi connectivity index (χ4v) is 4.69. The minimum atomic E-state index is -4.52. The monoisotopic (exact) mass is 536 g/mol. The molecular weight excluding hydrogens is 513 g/mol. The number of ether oxygens (including phenoxy) is 1. The van der Waals surface area contributed by atoms with E-state index in [0.29, 0.717) is 27.5 Å². The van der Waals surface area contributed by atoms with Crippen LogP contribution in [0.1, 0.15) is 26.7 Å². The first-order chi connectivity index (χ1) is 18.2. The predicted octanol–water partition coefficient (Wildman–Crippen LogP) is 7.44. The maximum absolute atomic E-state index is 13.3. The number of anilines is 2. The Hall–Kier alpha value is -4.24. The van der Waals surface area contributed by atoms with Crippen molar-refractivity contribution < 1.29 is 27.5 Å². The molecule has 194 valence electrons. The van der Waals surface area contributed by atoms with Gasteiger partial charge < -0.3 is 15.4 Å². The largest absolute Gasteiger partial charge is 0.497 e. The zero-order valence-electron chi connectivity index (χ0n) is 20.2. The minimum absolute atomic E-state index is 0.0480. The second kappa shape index (κ2) is 11.9.